The molecule has 0 atom stereocenters. The molecular formula is C23H26N4O. The Kier molecular flexibility index (Phi) is 6.04. The minimum absolute atomic E-state index is 0.193. The maximum absolute atomic E-state index is 12.5. The normalized spacial score (nSPS) is 10.6. The summed E-state index contributed by atoms with van der Waals surface area (Å²) in [6.07, 6.45) is 0.781. The van der Waals surface area contributed by atoms with Gasteiger partial charge < -0.3 is 10.6 Å². The van der Waals surface area contributed by atoms with E-state index in [0.29, 0.717) is 18.2 Å². The standard InChI is InChI=1S/C23H26N4O/c1-15-12-16(2)21(17(3)13-15)27-23-25-18(4)14-20(26-23)22(28)24-11-10-19-8-6-5-7-9-19/h5-9,12-14H,10-11H2,1-4H3,(H,24,28)(H,25,26,27). The Morgan fingerprint density at radius 2 is 1.61 bits per heavy atom. The number of hydrogen-bond donors (Lipinski definition) is 2. The van der Waals surface area contributed by atoms with Crippen molar-refractivity contribution in [1.82, 2.24) is 15.3 Å². The smallest absolute Gasteiger partial charge is 0.270 e. The van der Waals surface area contributed by atoms with E-state index in [1.807, 2.05) is 25.1 Å². The molecule has 28 heavy (non-hydrogen) atoms. The van der Waals surface area contributed by atoms with E-state index in [-0.39, 0.29) is 5.91 Å². The summed E-state index contributed by atoms with van der Waals surface area (Å²) in [6.45, 7) is 8.60. The molecule has 0 saturated carbocycles. The van der Waals surface area contributed by atoms with Crippen molar-refractivity contribution in [2.24, 2.45) is 0 Å². The van der Waals surface area contributed by atoms with Crippen LogP contribution >= 0.6 is 0 Å². The molecule has 2 N–H and O–H groups in total. The molecule has 0 aliphatic rings. The van der Waals surface area contributed by atoms with Gasteiger partial charge in [0.25, 0.3) is 5.91 Å². The van der Waals surface area contributed by atoms with E-state index < -0.39 is 0 Å². The molecular weight excluding hydrogens is 348 g/mol. The molecule has 0 aliphatic carbocycles. The van der Waals surface area contributed by atoms with Gasteiger partial charge in [-0.15, -0.1) is 0 Å². The Bertz CT molecular complexity index is 960. The third-order valence-electron chi connectivity index (χ3n) is 4.54. The summed E-state index contributed by atoms with van der Waals surface area (Å²) in [7, 11) is 0. The van der Waals surface area contributed by atoms with Crippen LogP contribution in [0.5, 0.6) is 0 Å². The number of amides is 1. The second-order valence-corrected chi connectivity index (χ2v) is 7.11. The molecule has 0 aliphatic heterocycles. The van der Waals surface area contributed by atoms with E-state index in [1.54, 1.807) is 6.07 Å². The number of benzene rings is 2. The quantitative estimate of drug-likeness (QED) is 0.670. The maximum atomic E-state index is 12.5. The zero-order valence-corrected chi connectivity index (χ0v) is 16.8. The molecule has 3 rings (SSSR count). The molecule has 2 aromatic carbocycles. The zero-order valence-electron chi connectivity index (χ0n) is 16.8. The summed E-state index contributed by atoms with van der Waals surface area (Å²) in [4.78, 5) is 21.4. The highest BCUT2D eigenvalue weighted by atomic mass is 16.1. The van der Waals surface area contributed by atoms with Crippen molar-refractivity contribution < 1.29 is 4.79 Å². The van der Waals surface area contributed by atoms with Crippen LogP contribution in [0.3, 0.4) is 0 Å². The summed E-state index contributed by atoms with van der Waals surface area (Å²) < 4.78 is 0. The zero-order chi connectivity index (χ0) is 20.1. The summed E-state index contributed by atoms with van der Waals surface area (Å²) in [5.74, 6) is 0.241. The molecule has 0 bridgehead atoms. The predicted octanol–water partition coefficient (Wildman–Crippen LogP) is 4.43. The molecule has 0 radical (unpaired) electrons. The SMILES string of the molecule is Cc1cc(C)c(Nc2nc(C)cc(C(=O)NCCc3ccccc3)n2)c(C)c1. The summed E-state index contributed by atoms with van der Waals surface area (Å²) in [6, 6.07) is 16.0. The number of anilines is 2. The number of carbonyl (C=O) groups excluding carboxylic acids is 1. The van der Waals surface area contributed by atoms with Crippen LogP contribution < -0.4 is 10.6 Å². The molecule has 0 unspecified atom stereocenters. The van der Waals surface area contributed by atoms with Gasteiger partial charge in [-0.25, -0.2) is 9.97 Å². The molecule has 0 fully saturated rings. The average Bonchev–Trinajstić information content (AvgIpc) is 2.65. The van der Waals surface area contributed by atoms with Gasteiger partial charge in [-0.2, -0.15) is 0 Å². The monoisotopic (exact) mass is 374 g/mol. The maximum Gasteiger partial charge on any atom is 0.270 e. The topological polar surface area (TPSA) is 66.9 Å². The lowest BCUT2D eigenvalue weighted by Gasteiger charge is -2.14. The Morgan fingerprint density at radius 3 is 2.29 bits per heavy atom. The van der Waals surface area contributed by atoms with Crippen LogP contribution in [-0.4, -0.2) is 22.4 Å². The van der Waals surface area contributed by atoms with Gasteiger partial charge >= 0.3 is 0 Å². The van der Waals surface area contributed by atoms with Crippen molar-refractivity contribution >= 4 is 17.5 Å². The number of carbonyl (C=O) groups is 1. The van der Waals surface area contributed by atoms with Crippen molar-refractivity contribution in [3.63, 3.8) is 0 Å². The second kappa shape index (κ2) is 8.65. The number of aromatic nitrogens is 2. The van der Waals surface area contributed by atoms with Crippen LogP contribution in [-0.2, 0) is 6.42 Å². The first-order valence-electron chi connectivity index (χ1n) is 9.45. The minimum atomic E-state index is -0.193. The number of aryl methyl sites for hydroxylation is 4. The highest BCUT2D eigenvalue weighted by Gasteiger charge is 2.12. The Morgan fingerprint density at radius 1 is 0.929 bits per heavy atom. The number of nitrogens with zero attached hydrogens (tertiary/aromatic N) is 2. The van der Waals surface area contributed by atoms with E-state index >= 15 is 0 Å². The lowest BCUT2D eigenvalue weighted by Crippen LogP contribution is -2.27. The van der Waals surface area contributed by atoms with Gasteiger partial charge in [0.15, 0.2) is 0 Å². The Balaban J connectivity index is 1.71. The molecule has 5 nitrogen and oxygen atoms in total. The van der Waals surface area contributed by atoms with E-state index in [1.165, 1.54) is 11.1 Å². The lowest BCUT2D eigenvalue weighted by molar-refractivity contribution is 0.0949. The number of nitrogens with one attached hydrogen (secondary N) is 2. The third-order valence-corrected chi connectivity index (χ3v) is 4.54. The minimum Gasteiger partial charge on any atom is -0.350 e. The van der Waals surface area contributed by atoms with Crippen LogP contribution in [0.1, 0.15) is 38.4 Å². The average molecular weight is 374 g/mol. The van der Waals surface area contributed by atoms with E-state index in [4.69, 9.17) is 0 Å². The largest absolute Gasteiger partial charge is 0.350 e. The molecule has 1 aromatic heterocycles. The van der Waals surface area contributed by atoms with Crippen molar-refractivity contribution in [1.29, 1.82) is 0 Å². The number of rotatable bonds is 6. The second-order valence-electron chi connectivity index (χ2n) is 7.11. The summed E-state index contributed by atoms with van der Waals surface area (Å²) in [5.41, 5.74) is 6.73. The molecule has 0 saturated heterocycles. The number of hydrogen-bond acceptors (Lipinski definition) is 4. The van der Waals surface area contributed by atoms with Crippen molar-refractivity contribution in [3.8, 4) is 0 Å². The van der Waals surface area contributed by atoms with Gasteiger partial charge in [0.05, 0.1) is 0 Å². The lowest BCUT2D eigenvalue weighted by atomic mass is 10.1. The van der Waals surface area contributed by atoms with E-state index in [0.717, 1.165) is 28.9 Å². The van der Waals surface area contributed by atoms with Crippen molar-refractivity contribution in [2.45, 2.75) is 34.1 Å². The Labute approximate surface area is 166 Å². The fourth-order valence-corrected chi connectivity index (χ4v) is 3.29. The van der Waals surface area contributed by atoms with Crippen LogP contribution in [0.2, 0.25) is 0 Å². The molecule has 1 heterocycles. The van der Waals surface area contributed by atoms with Gasteiger partial charge in [0.2, 0.25) is 5.95 Å². The molecule has 144 valence electrons. The Hall–Kier alpha value is -3.21. The predicted molar refractivity (Wildman–Crippen MR) is 113 cm³/mol. The first kappa shape index (κ1) is 19.5. The molecule has 0 spiro atoms. The fourth-order valence-electron chi connectivity index (χ4n) is 3.29. The summed E-state index contributed by atoms with van der Waals surface area (Å²) in [5, 5.41) is 6.22. The van der Waals surface area contributed by atoms with Crippen LogP contribution in [0, 0.1) is 27.7 Å². The fraction of sp³-hybridized carbons (Fsp3) is 0.261. The van der Waals surface area contributed by atoms with Crippen LogP contribution in [0.4, 0.5) is 11.6 Å². The van der Waals surface area contributed by atoms with Crippen LogP contribution in [0.15, 0.2) is 48.5 Å². The molecule has 5 heteroatoms. The molecule has 1 amide bonds. The first-order valence-corrected chi connectivity index (χ1v) is 9.45. The van der Waals surface area contributed by atoms with Gasteiger partial charge in [-0.05, 0) is 56.9 Å². The highest BCUT2D eigenvalue weighted by molar-refractivity contribution is 5.92. The molecule has 3 aromatic rings. The van der Waals surface area contributed by atoms with Gasteiger partial charge in [0.1, 0.15) is 5.69 Å². The van der Waals surface area contributed by atoms with Gasteiger partial charge in [0, 0.05) is 17.9 Å². The third kappa shape index (κ3) is 4.94. The van der Waals surface area contributed by atoms with Crippen LogP contribution in [0.25, 0.3) is 0 Å². The van der Waals surface area contributed by atoms with Crippen molar-refractivity contribution in [3.05, 3.63) is 82.2 Å². The van der Waals surface area contributed by atoms with Crippen molar-refractivity contribution in [2.75, 3.05) is 11.9 Å². The summed E-state index contributed by atoms with van der Waals surface area (Å²) >= 11 is 0. The van der Waals surface area contributed by atoms with E-state index in [9.17, 15) is 4.79 Å². The first-order chi connectivity index (χ1) is 13.4. The van der Waals surface area contributed by atoms with E-state index in [2.05, 4.69) is 65.6 Å². The van der Waals surface area contributed by atoms with Gasteiger partial charge in [-0.3, -0.25) is 4.79 Å². The highest BCUT2D eigenvalue weighted by Crippen LogP contribution is 2.24. The van der Waals surface area contributed by atoms with Gasteiger partial charge in [-0.1, -0.05) is 48.0 Å².